The first-order chi connectivity index (χ1) is 8.86. The predicted octanol–water partition coefficient (Wildman–Crippen LogP) is 0.382. The first kappa shape index (κ1) is 15.5. The largest absolute Gasteiger partial charge is 0.399 e. The van der Waals surface area contributed by atoms with Crippen LogP contribution >= 0.6 is 0 Å². The molecule has 106 valence electrons. The third-order valence-electron chi connectivity index (χ3n) is 2.55. The number of nitrogens with one attached hydrogen (secondary N) is 2. The molecule has 1 aromatic carbocycles. The van der Waals surface area contributed by atoms with Gasteiger partial charge in [0.25, 0.3) is 0 Å². The summed E-state index contributed by atoms with van der Waals surface area (Å²) in [5, 5.41) is 2.59. The van der Waals surface area contributed by atoms with Crippen LogP contribution in [0, 0.1) is 6.92 Å². The minimum absolute atomic E-state index is 0.0995. The Balaban J connectivity index is 2.70. The Hall–Kier alpha value is -1.60. The maximum atomic E-state index is 11.9. The van der Waals surface area contributed by atoms with E-state index in [9.17, 15) is 13.2 Å². The number of rotatable bonds is 6. The Morgan fingerprint density at radius 2 is 2.05 bits per heavy atom. The van der Waals surface area contributed by atoms with E-state index in [1.54, 1.807) is 6.92 Å². The molecule has 0 radical (unpaired) electrons. The number of nitrogen functional groups attached to an aromatic ring is 1. The Kier molecular flexibility index (Phi) is 5.31. The van der Waals surface area contributed by atoms with Crippen LogP contribution in [0.5, 0.6) is 0 Å². The number of hydrogen-bond acceptors (Lipinski definition) is 4. The van der Waals surface area contributed by atoms with Crippen molar-refractivity contribution in [2.75, 3.05) is 18.8 Å². The Morgan fingerprint density at radius 3 is 2.63 bits per heavy atom. The number of sulfonamides is 1. The highest BCUT2D eigenvalue weighted by atomic mass is 32.2. The van der Waals surface area contributed by atoms with E-state index >= 15 is 0 Å². The maximum Gasteiger partial charge on any atom is 0.241 e. The second-order valence-corrected chi connectivity index (χ2v) is 5.96. The molecule has 0 fully saturated rings. The van der Waals surface area contributed by atoms with E-state index < -0.39 is 10.0 Å². The van der Waals surface area contributed by atoms with Crippen molar-refractivity contribution in [3.05, 3.63) is 23.8 Å². The zero-order valence-corrected chi connectivity index (χ0v) is 11.9. The summed E-state index contributed by atoms with van der Waals surface area (Å²) in [7, 11) is -3.69. The fourth-order valence-corrected chi connectivity index (χ4v) is 2.45. The SMILES string of the molecule is CCCNC(=O)CNS(=O)(=O)c1ccc(N)c(C)c1. The van der Waals surface area contributed by atoms with Gasteiger partial charge in [-0.15, -0.1) is 0 Å². The molecular weight excluding hydrogens is 266 g/mol. The smallest absolute Gasteiger partial charge is 0.241 e. The molecule has 0 saturated carbocycles. The highest BCUT2D eigenvalue weighted by molar-refractivity contribution is 7.89. The monoisotopic (exact) mass is 285 g/mol. The summed E-state index contributed by atoms with van der Waals surface area (Å²) >= 11 is 0. The topological polar surface area (TPSA) is 101 Å². The van der Waals surface area contributed by atoms with Gasteiger partial charge < -0.3 is 11.1 Å². The van der Waals surface area contributed by atoms with E-state index in [1.165, 1.54) is 18.2 Å². The third kappa shape index (κ3) is 4.53. The van der Waals surface area contributed by atoms with Crippen molar-refractivity contribution in [2.45, 2.75) is 25.2 Å². The second-order valence-electron chi connectivity index (χ2n) is 4.19. The minimum atomic E-state index is -3.69. The Bertz CT molecular complexity index is 555. The summed E-state index contributed by atoms with van der Waals surface area (Å²) < 4.78 is 26.1. The van der Waals surface area contributed by atoms with Gasteiger partial charge in [-0.3, -0.25) is 4.79 Å². The molecule has 1 rings (SSSR count). The van der Waals surface area contributed by atoms with E-state index in [4.69, 9.17) is 5.73 Å². The lowest BCUT2D eigenvalue weighted by atomic mass is 10.2. The molecule has 1 aromatic rings. The van der Waals surface area contributed by atoms with Gasteiger partial charge in [0.05, 0.1) is 11.4 Å². The lowest BCUT2D eigenvalue weighted by Gasteiger charge is -2.08. The van der Waals surface area contributed by atoms with Crippen molar-refractivity contribution in [3.63, 3.8) is 0 Å². The summed E-state index contributed by atoms with van der Waals surface area (Å²) in [6.07, 6.45) is 0.801. The number of nitrogens with two attached hydrogens (primary N) is 1. The molecule has 6 nitrogen and oxygen atoms in total. The van der Waals surface area contributed by atoms with E-state index in [0.717, 1.165) is 6.42 Å². The van der Waals surface area contributed by atoms with Gasteiger partial charge in [0.1, 0.15) is 0 Å². The van der Waals surface area contributed by atoms with E-state index in [-0.39, 0.29) is 17.3 Å². The number of aryl methyl sites for hydroxylation is 1. The van der Waals surface area contributed by atoms with Gasteiger partial charge in [-0.25, -0.2) is 13.1 Å². The highest BCUT2D eigenvalue weighted by Gasteiger charge is 2.15. The lowest BCUT2D eigenvalue weighted by molar-refractivity contribution is -0.119. The second kappa shape index (κ2) is 6.53. The third-order valence-corrected chi connectivity index (χ3v) is 3.95. The summed E-state index contributed by atoms with van der Waals surface area (Å²) in [5.74, 6) is -0.349. The van der Waals surface area contributed by atoms with Crippen LogP contribution in [0.4, 0.5) is 5.69 Å². The van der Waals surface area contributed by atoms with Crippen molar-refractivity contribution >= 4 is 21.6 Å². The fourth-order valence-electron chi connectivity index (χ4n) is 1.39. The van der Waals surface area contributed by atoms with Crippen LogP contribution in [-0.4, -0.2) is 27.4 Å². The van der Waals surface area contributed by atoms with Crippen LogP contribution in [-0.2, 0) is 14.8 Å². The van der Waals surface area contributed by atoms with Crippen molar-refractivity contribution < 1.29 is 13.2 Å². The van der Waals surface area contributed by atoms with E-state index in [2.05, 4.69) is 10.0 Å². The summed E-state index contributed by atoms with van der Waals surface area (Å²) in [6, 6.07) is 4.41. The molecule has 19 heavy (non-hydrogen) atoms. The van der Waals surface area contributed by atoms with Crippen molar-refractivity contribution in [1.29, 1.82) is 0 Å². The number of anilines is 1. The van der Waals surface area contributed by atoms with Crippen molar-refractivity contribution in [2.24, 2.45) is 0 Å². The zero-order valence-electron chi connectivity index (χ0n) is 11.1. The van der Waals surface area contributed by atoms with E-state index in [1.807, 2.05) is 6.92 Å². The first-order valence-electron chi connectivity index (χ1n) is 5.99. The normalized spacial score (nSPS) is 11.3. The first-order valence-corrected chi connectivity index (χ1v) is 7.47. The minimum Gasteiger partial charge on any atom is -0.399 e. The molecular formula is C12H19N3O3S. The predicted molar refractivity (Wildman–Crippen MR) is 74.1 cm³/mol. The lowest BCUT2D eigenvalue weighted by Crippen LogP contribution is -2.37. The average molecular weight is 285 g/mol. The molecule has 0 heterocycles. The summed E-state index contributed by atoms with van der Waals surface area (Å²) in [5.41, 5.74) is 6.84. The van der Waals surface area contributed by atoms with Gasteiger partial charge in [-0.1, -0.05) is 6.92 Å². The summed E-state index contributed by atoms with van der Waals surface area (Å²) in [4.78, 5) is 11.4. The molecule has 0 bridgehead atoms. The molecule has 0 aromatic heterocycles. The van der Waals surface area contributed by atoms with Gasteiger partial charge in [0, 0.05) is 12.2 Å². The molecule has 0 saturated heterocycles. The van der Waals surface area contributed by atoms with Crippen LogP contribution < -0.4 is 15.8 Å². The number of benzene rings is 1. The van der Waals surface area contributed by atoms with Gasteiger partial charge in [0.15, 0.2) is 0 Å². The molecule has 0 unspecified atom stereocenters. The van der Waals surface area contributed by atoms with Gasteiger partial charge in [-0.2, -0.15) is 0 Å². The average Bonchev–Trinajstić information content (AvgIpc) is 2.37. The quantitative estimate of drug-likeness (QED) is 0.658. The van der Waals surface area contributed by atoms with Crippen LogP contribution in [0.25, 0.3) is 0 Å². The number of hydrogen-bond donors (Lipinski definition) is 3. The van der Waals surface area contributed by atoms with Crippen LogP contribution in [0.15, 0.2) is 23.1 Å². The molecule has 1 amide bonds. The van der Waals surface area contributed by atoms with Crippen molar-refractivity contribution in [3.8, 4) is 0 Å². The number of carbonyl (C=O) groups excluding carboxylic acids is 1. The molecule has 7 heteroatoms. The van der Waals surface area contributed by atoms with Crippen LogP contribution in [0.3, 0.4) is 0 Å². The van der Waals surface area contributed by atoms with Gasteiger partial charge in [0.2, 0.25) is 15.9 Å². The highest BCUT2D eigenvalue weighted by Crippen LogP contribution is 2.16. The van der Waals surface area contributed by atoms with Crippen molar-refractivity contribution in [1.82, 2.24) is 10.0 Å². The molecule has 0 spiro atoms. The summed E-state index contributed by atoms with van der Waals surface area (Å²) in [6.45, 7) is 3.90. The van der Waals surface area contributed by atoms with Crippen LogP contribution in [0.2, 0.25) is 0 Å². The van der Waals surface area contributed by atoms with E-state index in [0.29, 0.717) is 17.8 Å². The molecule has 0 atom stereocenters. The Morgan fingerprint density at radius 1 is 1.37 bits per heavy atom. The van der Waals surface area contributed by atoms with Gasteiger partial charge in [-0.05, 0) is 37.1 Å². The molecule has 4 N–H and O–H groups in total. The van der Waals surface area contributed by atoms with Crippen LogP contribution in [0.1, 0.15) is 18.9 Å². The maximum absolute atomic E-state index is 11.9. The molecule has 0 aliphatic carbocycles. The standard InChI is InChI=1S/C12H19N3O3S/c1-3-6-14-12(16)8-15-19(17,18)10-4-5-11(13)9(2)7-10/h4-5,7,15H,3,6,8,13H2,1-2H3,(H,14,16). The fraction of sp³-hybridized carbons (Fsp3) is 0.417. The number of carbonyl (C=O) groups is 1. The molecule has 0 aliphatic rings. The van der Waals surface area contributed by atoms with Gasteiger partial charge >= 0.3 is 0 Å². The Labute approximate surface area is 113 Å². The molecule has 0 aliphatic heterocycles. The zero-order chi connectivity index (χ0) is 14.5. The number of amides is 1.